The summed E-state index contributed by atoms with van der Waals surface area (Å²) in [6, 6.07) is 7.01. The molecule has 0 fully saturated rings. The summed E-state index contributed by atoms with van der Waals surface area (Å²) in [6.45, 7) is 0. The third-order valence-electron chi connectivity index (χ3n) is 2.11. The molecule has 0 radical (unpaired) electrons. The van der Waals surface area contributed by atoms with Crippen molar-refractivity contribution in [2.45, 2.75) is 6.42 Å². The van der Waals surface area contributed by atoms with Gasteiger partial charge in [-0.25, -0.2) is 4.68 Å². The second-order valence-corrected chi connectivity index (χ2v) is 3.36. The van der Waals surface area contributed by atoms with E-state index in [4.69, 9.17) is 5.73 Å². The third kappa shape index (κ3) is 2.07. The molecule has 3 N–H and O–H groups in total. The number of nitrogens with two attached hydrogens (primary N) is 1. The zero-order valence-electron chi connectivity index (χ0n) is 8.38. The molecule has 2 aromatic rings. The zero-order valence-corrected chi connectivity index (χ0v) is 8.38. The number of aromatic hydroxyl groups is 1. The number of aromatic nitrogens is 3. The first-order valence-corrected chi connectivity index (χ1v) is 4.58. The summed E-state index contributed by atoms with van der Waals surface area (Å²) in [4.78, 5) is 4.08. The summed E-state index contributed by atoms with van der Waals surface area (Å²) in [7, 11) is 1.74. The second kappa shape index (κ2) is 3.61. The van der Waals surface area contributed by atoms with Gasteiger partial charge >= 0.3 is 0 Å². The fourth-order valence-corrected chi connectivity index (χ4v) is 1.38. The Morgan fingerprint density at radius 3 is 2.87 bits per heavy atom. The molecule has 0 atom stereocenters. The first kappa shape index (κ1) is 9.51. The van der Waals surface area contributed by atoms with Crippen LogP contribution in [-0.4, -0.2) is 19.9 Å². The highest BCUT2D eigenvalue weighted by Crippen LogP contribution is 2.13. The monoisotopic (exact) mass is 204 g/mol. The lowest BCUT2D eigenvalue weighted by atomic mass is 10.1. The highest BCUT2D eigenvalue weighted by atomic mass is 16.3. The molecule has 5 heteroatoms. The van der Waals surface area contributed by atoms with Crippen molar-refractivity contribution in [2.75, 3.05) is 5.73 Å². The number of nitrogen functional groups attached to an aromatic ring is 1. The van der Waals surface area contributed by atoms with Crippen LogP contribution in [0, 0.1) is 0 Å². The van der Waals surface area contributed by atoms with E-state index in [1.807, 2.05) is 6.07 Å². The summed E-state index contributed by atoms with van der Waals surface area (Å²) < 4.78 is 1.53. The number of rotatable bonds is 2. The van der Waals surface area contributed by atoms with Gasteiger partial charge in [0.15, 0.2) is 5.82 Å². The minimum absolute atomic E-state index is 0.247. The summed E-state index contributed by atoms with van der Waals surface area (Å²) in [5.74, 6) is 1.29. The number of hydrogen-bond acceptors (Lipinski definition) is 4. The minimum atomic E-state index is 0.247. The van der Waals surface area contributed by atoms with Gasteiger partial charge in [0, 0.05) is 13.5 Å². The molecule has 1 aromatic heterocycles. The molecule has 0 aliphatic carbocycles. The average Bonchev–Trinajstić information content (AvgIpc) is 2.45. The number of anilines is 1. The van der Waals surface area contributed by atoms with Crippen molar-refractivity contribution >= 4 is 5.95 Å². The van der Waals surface area contributed by atoms with Crippen molar-refractivity contribution in [1.82, 2.24) is 14.8 Å². The molecule has 0 aliphatic heterocycles. The van der Waals surface area contributed by atoms with Crippen molar-refractivity contribution in [2.24, 2.45) is 7.05 Å². The Morgan fingerprint density at radius 2 is 2.27 bits per heavy atom. The van der Waals surface area contributed by atoms with E-state index in [9.17, 15) is 5.11 Å². The van der Waals surface area contributed by atoms with Crippen LogP contribution in [-0.2, 0) is 13.5 Å². The fourth-order valence-electron chi connectivity index (χ4n) is 1.38. The van der Waals surface area contributed by atoms with Crippen molar-refractivity contribution in [1.29, 1.82) is 0 Å². The fraction of sp³-hybridized carbons (Fsp3) is 0.200. The number of hydrogen-bond donors (Lipinski definition) is 2. The molecule has 5 nitrogen and oxygen atoms in total. The molecular weight excluding hydrogens is 192 g/mol. The Labute approximate surface area is 87.2 Å². The Morgan fingerprint density at radius 1 is 1.47 bits per heavy atom. The standard InChI is InChI=1S/C10H12N4O/c1-14-10(11)12-9(13-14)6-7-3-2-4-8(15)5-7/h2-5,15H,6H2,1H3,(H2,11,12,13). The maximum atomic E-state index is 9.28. The molecule has 0 aliphatic rings. The molecule has 0 amide bonds. The van der Waals surface area contributed by atoms with E-state index in [0.717, 1.165) is 5.56 Å². The molecule has 15 heavy (non-hydrogen) atoms. The van der Waals surface area contributed by atoms with Crippen molar-refractivity contribution in [3.05, 3.63) is 35.7 Å². The number of nitrogens with zero attached hydrogens (tertiary/aromatic N) is 3. The van der Waals surface area contributed by atoms with Gasteiger partial charge in [0.2, 0.25) is 5.95 Å². The topological polar surface area (TPSA) is 77.0 Å². The number of phenolic OH excluding ortho intramolecular Hbond substituents is 1. The van der Waals surface area contributed by atoms with E-state index >= 15 is 0 Å². The van der Waals surface area contributed by atoms with Crippen LogP contribution in [0.5, 0.6) is 5.75 Å². The summed E-state index contributed by atoms with van der Waals surface area (Å²) >= 11 is 0. The molecule has 0 saturated carbocycles. The van der Waals surface area contributed by atoms with E-state index in [0.29, 0.717) is 18.2 Å². The number of phenols is 1. The maximum Gasteiger partial charge on any atom is 0.218 e. The first-order valence-electron chi connectivity index (χ1n) is 4.58. The minimum Gasteiger partial charge on any atom is -0.508 e. The maximum absolute atomic E-state index is 9.28. The van der Waals surface area contributed by atoms with Gasteiger partial charge in [-0.15, -0.1) is 0 Å². The Kier molecular flexibility index (Phi) is 2.29. The lowest BCUT2D eigenvalue weighted by molar-refractivity contribution is 0.474. The van der Waals surface area contributed by atoms with E-state index in [1.165, 1.54) is 4.68 Å². The van der Waals surface area contributed by atoms with E-state index in [-0.39, 0.29) is 5.75 Å². The lowest BCUT2D eigenvalue weighted by Gasteiger charge is -1.97. The van der Waals surface area contributed by atoms with Gasteiger partial charge in [-0.2, -0.15) is 10.1 Å². The van der Waals surface area contributed by atoms with Crippen molar-refractivity contribution < 1.29 is 5.11 Å². The van der Waals surface area contributed by atoms with Crippen LogP contribution in [0.25, 0.3) is 0 Å². The van der Waals surface area contributed by atoms with Gasteiger partial charge in [0.05, 0.1) is 0 Å². The Bertz CT molecular complexity index is 459. The van der Waals surface area contributed by atoms with Gasteiger partial charge < -0.3 is 10.8 Å². The highest BCUT2D eigenvalue weighted by Gasteiger charge is 2.04. The Balaban J connectivity index is 2.22. The number of aryl methyl sites for hydroxylation is 1. The van der Waals surface area contributed by atoms with Crippen molar-refractivity contribution in [3.63, 3.8) is 0 Å². The van der Waals surface area contributed by atoms with Crippen LogP contribution in [0.1, 0.15) is 11.4 Å². The predicted molar refractivity (Wildman–Crippen MR) is 56.3 cm³/mol. The van der Waals surface area contributed by atoms with Crippen LogP contribution in [0.4, 0.5) is 5.95 Å². The first-order chi connectivity index (χ1) is 7.15. The molecule has 2 rings (SSSR count). The predicted octanol–water partition coefficient (Wildman–Crippen LogP) is 0.694. The van der Waals surface area contributed by atoms with Crippen molar-refractivity contribution in [3.8, 4) is 5.75 Å². The van der Waals surface area contributed by atoms with Gasteiger partial charge in [0.1, 0.15) is 5.75 Å². The largest absolute Gasteiger partial charge is 0.508 e. The highest BCUT2D eigenvalue weighted by molar-refractivity contribution is 5.29. The summed E-state index contributed by atoms with van der Waals surface area (Å²) in [5, 5.41) is 13.4. The molecule has 78 valence electrons. The van der Waals surface area contributed by atoms with Crippen LogP contribution in [0.3, 0.4) is 0 Å². The number of benzene rings is 1. The van der Waals surface area contributed by atoms with E-state index in [1.54, 1.807) is 25.2 Å². The van der Waals surface area contributed by atoms with E-state index < -0.39 is 0 Å². The van der Waals surface area contributed by atoms with Crippen LogP contribution in [0.2, 0.25) is 0 Å². The summed E-state index contributed by atoms with van der Waals surface area (Å²) in [5.41, 5.74) is 6.52. The zero-order chi connectivity index (χ0) is 10.8. The lowest BCUT2D eigenvalue weighted by Crippen LogP contribution is -1.97. The van der Waals surface area contributed by atoms with E-state index in [2.05, 4.69) is 10.1 Å². The summed E-state index contributed by atoms with van der Waals surface area (Å²) in [6.07, 6.45) is 0.569. The normalized spacial score (nSPS) is 10.5. The third-order valence-corrected chi connectivity index (χ3v) is 2.11. The van der Waals surface area contributed by atoms with Gasteiger partial charge in [-0.3, -0.25) is 0 Å². The van der Waals surface area contributed by atoms with Gasteiger partial charge in [-0.05, 0) is 17.7 Å². The smallest absolute Gasteiger partial charge is 0.218 e. The molecule has 1 aromatic carbocycles. The van der Waals surface area contributed by atoms with Gasteiger partial charge in [0.25, 0.3) is 0 Å². The molecule has 0 spiro atoms. The van der Waals surface area contributed by atoms with Gasteiger partial charge in [-0.1, -0.05) is 12.1 Å². The van der Waals surface area contributed by atoms with Crippen LogP contribution >= 0.6 is 0 Å². The average molecular weight is 204 g/mol. The molecule has 0 unspecified atom stereocenters. The Hall–Kier alpha value is -2.04. The van der Waals surface area contributed by atoms with Crippen LogP contribution in [0.15, 0.2) is 24.3 Å². The second-order valence-electron chi connectivity index (χ2n) is 3.36. The quantitative estimate of drug-likeness (QED) is 0.754. The SMILES string of the molecule is Cn1nc(Cc2cccc(O)c2)nc1N. The van der Waals surface area contributed by atoms with Crippen LogP contribution < -0.4 is 5.73 Å². The molecule has 0 bridgehead atoms. The molecule has 0 saturated heterocycles. The molecular formula is C10H12N4O. The molecule has 1 heterocycles.